The molecule has 6 unspecified atom stereocenters. The standard InChI is InChI=1S/C23H37N.C2H6/c1-6-8-17-9-10-18-20-12-11-19(16(3)24)23(20,5)15-13-21(18)22(17,4)14-7-2;1-2/h6,8,18-21,24H,1,7,9-15H2,2-5H3;1-2H3/b17-8-,24-16?;. The largest absolute Gasteiger partial charge is 0.310 e. The fraction of sp³-hybridized carbons (Fsp3) is 0.800. The third-order valence-corrected chi connectivity index (χ3v) is 8.35. The Labute approximate surface area is 163 Å². The fourth-order valence-corrected chi connectivity index (χ4v) is 7.32. The van der Waals surface area contributed by atoms with Crippen LogP contribution in [0.15, 0.2) is 24.3 Å². The van der Waals surface area contributed by atoms with Gasteiger partial charge in [-0.1, -0.05) is 65.3 Å². The predicted molar refractivity (Wildman–Crippen MR) is 116 cm³/mol. The van der Waals surface area contributed by atoms with Gasteiger partial charge in [-0.25, -0.2) is 0 Å². The molecule has 0 aromatic carbocycles. The van der Waals surface area contributed by atoms with E-state index in [-0.39, 0.29) is 0 Å². The van der Waals surface area contributed by atoms with Crippen molar-refractivity contribution in [2.45, 2.75) is 92.9 Å². The summed E-state index contributed by atoms with van der Waals surface area (Å²) in [5.74, 6) is 3.13. The van der Waals surface area contributed by atoms with Crippen molar-refractivity contribution in [3.05, 3.63) is 24.3 Å². The van der Waals surface area contributed by atoms with Crippen LogP contribution in [0, 0.1) is 39.9 Å². The Morgan fingerprint density at radius 1 is 1.15 bits per heavy atom. The van der Waals surface area contributed by atoms with Gasteiger partial charge in [0.25, 0.3) is 0 Å². The number of hydrogen-bond donors (Lipinski definition) is 1. The van der Waals surface area contributed by atoms with Gasteiger partial charge in [0, 0.05) is 11.6 Å². The number of allylic oxidation sites excluding steroid dienone is 3. The highest BCUT2D eigenvalue weighted by molar-refractivity contribution is 5.82. The van der Waals surface area contributed by atoms with Gasteiger partial charge in [-0.2, -0.15) is 0 Å². The van der Waals surface area contributed by atoms with Crippen LogP contribution in [0.2, 0.25) is 0 Å². The maximum Gasteiger partial charge on any atom is 0.00946 e. The molecular weight excluding hydrogens is 314 g/mol. The van der Waals surface area contributed by atoms with E-state index < -0.39 is 0 Å². The monoisotopic (exact) mass is 357 g/mol. The summed E-state index contributed by atoms with van der Waals surface area (Å²) in [5, 5.41) is 8.28. The molecule has 0 aromatic rings. The molecule has 0 spiro atoms. The minimum absolute atomic E-state index is 0.380. The van der Waals surface area contributed by atoms with Crippen LogP contribution in [-0.4, -0.2) is 5.71 Å². The average molecular weight is 358 g/mol. The Hall–Kier alpha value is -0.850. The van der Waals surface area contributed by atoms with E-state index in [4.69, 9.17) is 5.41 Å². The lowest BCUT2D eigenvalue weighted by Gasteiger charge is -2.57. The Kier molecular flexibility index (Phi) is 6.97. The third kappa shape index (κ3) is 3.36. The normalized spacial score (nSPS) is 43.1. The lowest BCUT2D eigenvalue weighted by Crippen LogP contribution is -2.50. The minimum atomic E-state index is 0.380. The summed E-state index contributed by atoms with van der Waals surface area (Å²) in [6.45, 7) is 17.5. The first kappa shape index (κ1) is 21.5. The van der Waals surface area contributed by atoms with Crippen molar-refractivity contribution in [3.8, 4) is 0 Å². The molecule has 26 heavy (non-hydrogen) atoms. The summed E-state index contributed by atoms with van der Waals surface area (Å²) in [4.78, 5) is 0. The van der Waals surface area contributed by atoms with Crippen molar-refractivity contribution >= 4 is 5.71 Å². The predicted octanol–water partition coefficient (Wildman–Crippen LogP) is 7.82. The Bertz CT molecular complexity index is 544. The summed E-state index contributed by atoms with van der Waals surface area (Å²) in [5.41, 5.74) is 3.39. The van der Waals surface area contributed by atoms with Gasteiger partial charge in [-0.15, -0.1) is 0 Å². The first-order valence-electron chi connectivity index (χ1n) is 11.3. The van der Waals surface area contributed by atoms with Gasteiger partial charge in [0.1, 0.15) is 0 Å². The molecular formula is C25H43N. The van der Waals surface area contributed by atoms with Crippen LogP contribution in [0.1, 0.15) is 92.9 Å². The van der Waals surface area contributed by atoms with E-state index in [1.165, 1.54) is 51.4 Å². The molecule has 3 saturated carbocycles. The van der Waals surface area contributed by atoms with Gasteiger partial charge in [0.05, 0.1) is 0 Å². The molecule has 0 amide bonds. The zero-order valence-corrected chi connectivity index (χ0v) is 18.3. The molecule has 3 aliphatic carbocycles. The minimum Gasteiger partial charge on any atom is -0.310 e. The van der Waals surface area contributed by atoms with Gasteiger partial charge < -0.3 is 5.41 Å². The van der Waals surface area contributed by atoms with Crippen LogP contribution in [0.5, 0.6) is 0 Å². The van der Waals surface area contributed by atoms with Crippen molar-refractivity contribution in [2.24, 2.45) is 34.5 Å². The summed E-state index contributed by atoms with van der Waals surface area (Å²) in [7, 11) is 0. The van der Waals surface area contributed by atoms with Crippen molar-refractivity contribution in [2.75, 3.05) is 0 Å². The second kappa shape index (κ2) is 8.44. The van der Waals surface area contributed by atoms with E-state index in [0.717, 1.165) is 23.5 Å². The van der Waals surface area contributed by atoms with E-state index in [9.17, 15) is 0 Å². The number of hydrogen-bond acceptors (Lipinski definition) is 1. The van der Waals surface area contributed by atoms with Crippen molar-refractivity contribution in [3.63, 3.8) is 0 Å². The SMILES string of the molecule is C=C/C=C1/CCC2C(CCC3(C)C(C(C)=N)CCC23)C1(C)CCC.CC. The number of fused-ring (bicyclic) bond motifs is 3. The lowest BCUT2D eigenvalue weighted by molar-refractivity contribution is -0.0408. The Morgan fingerprint density at radius 3 is 2.42 bits per heavy atom. The van der Waals surface area contributed by atoms with E-state index in [1.807, 2.05) is 19.9 Å². The molecule has 1 heteroatoms. The van der Waals surface area contributed by atoms with Crippen molar-refractivity contribution in [1.82, 2.24) is 0 Å². The lowest BCUT2D eigenvalue weighted by atomic mass is 9.47. The van der Waals surface area contributed by atoms with Crippen LogP contribution >= 0.6 is 0 Å². The molecule has 0 bridgehead atoms. The summed E-state index contributed by atoms with van der Waals surface area (Å²) < 4.78 is 0. The van der Waals surface area contributed by atoms with Gasteiger partial charge in [-0.3, -0.25) is 0 Å². The van der Waals surface area contributed by atoms with Crippen LogP contribution < -0.4 is 0 Å². The molecule has 0 saturated heterocycles. The molecule has 3 aliphatic rings. The zero-order valence-electron chi connectivity index (χ0n) is 18.3. The van der Waals surface area contributed by atoms with Gasteiger partial charge in [0.15, 0.2) is 0 Å². The molecule has 1 N–H and O–H groups in total. The third-order valence-electron chi connectivity index (χ3n) is 8.35. The molecule has 0 radical (unpaired) electrons. The van der Waals surface area contributed by atoms with Crippen LogP contribution in [-0.2, 0) is 0 Å². The quantitative estimate of drug-likeness (QED) is 0.496. The van der Waals surface area contributed by atoms with E-state index in [2.05, 4.69) is 40.3 Å². The van der Waals surface area contributed by atoms with E-state index >= 15 is 0 Å². The highest BCUT2D eigenvalue weighted by atomic mass is 14.6. The zero-order chi connectivity index (χ0) is 19.5. The summed E-state index contributed by atoms with van der Waals surface area (Å²) in [6, 6.07) is 0. The number of nitrogens with one attached hydrogen (secondary N) is 1. The Balaban J connectivity index is 0.00000117. The maximum absolute atomic E-state index is 8.28. The van der Waals surface area contributed by atoms with Crippen molar-refractivity contribution in [1.29, 1.82) is 5.41 Å². The van der Waals surface area contributed by atoms with E-state index in [1.54, 1.807) is 5.57 Å². The molecule has 0 aliphatic heterocycles. The first-order valence-corrected chi connectivity index (χ1v) is 11.3. The molecule has 3 rings (SSSR count). The smallest absolute Gasteiger partial charge is 0.00946 e. The fourth-order valence-electron chi connectivity index (χ4n) is 7.32. The number of rotatable bonds is 4. The Morgan fingerprint density at radius 2 is 1.85 bits per heavy atom. The second-order valence-corrected chi connectivity index (χ2v) is 9.37. The average Bonchev–Trinajstić information content (AvgIpc) is 2.97. The highest BCUT2D eigenvalue weighted by Crippen LogP contribution is 2.66. The molecule has 148 valence electrons. The van der Waals surface area contributed by atoms with Gasteiger partial charge in [-0.05, 0) is 80.5 Å². The van der Waals surface area contributed by atoms with Crippen LogP contribution in [0.25, 0.3) is 0 Å². The van der Waals surface area contributed by atoms with E-state index in [0.29, 0.717) is 16.7 Å². The van der Waals surface area contributed by atoms with Gasteiger partial charge in [0.2, 0.25) is 0 Å². The summed E-state index contributed by atoms with van der Waals surface area (Å²) >= 11 is 0. The highest BCUT2D eigenvalue weighted by Gasteiger charge is 2.58. The maximum atomic E-state index is 8.28. The van der Waals surface area contributed by atoms with Gasteiger partial charge >= 0.3 is 0 Å². The molecule has 1 nitrogen and oxygen atoms in total. The summed E-state index contributed by atoms with van der Waals surface area (Å²) in [6.07, 6.45) is 14.9. The molecule has 3 fully saturated rings. The van der Waals surface area contributed by atoms with Crippen LogP contribution in [0.4, 0.5) is 0 Å². The van der Waals surface area contributed by atoms with Crippen molar-refractivity contribution < 1.29 is 0 Å². The molecule has 0 aromatic heterocycles. The first-order chi connectivity index (χ1) is 12.4. The topological polar surface area (TPSA) is 23.9 Å². The van der Waals surface area contributed by atoms with Crippen LogP contribution in [0.3, 0.4) is 0 Å². The second-order valence-electron chi connectivity index (χ2n) is 9.37. The molecule has 6 atom stereocenters. The molecule has 0 heterocycles.